The summed E-state index contributed by atoms with van der Waals surface area (Å²) in [6.45, 7) is 1.53. The van der Waals surface area contributed by atoms with Crippen molar-refractivity contribution in [3.63, 3.8) is 0 Å². The normalized spacial score (nSPS) is 17.3. The van der Waals surface area contributed by atoms with Crippen LogP contribution in [0.3, 0.4) is 0 Å². The van der Waals surface area contributed by atoms with Gasteiger partial charge in [-0.25, -0.2) is 0 Å². The Morgan fingerprint density at radius 1 is 0.778 bits per heavy atom. The van der Waals surface area contributed by atoms with Crippen LogP contribution in [0, 0.1) is 5.92 Å². The zero-order valence-electron chi connectivity index (χ0n) is 15.2. The molecule has 1 unspecified atom stereocenters. The highest BCUT2D eigenvalue weighted by molar-refractivity contribution is 7.07. The van der Waals surface area contributed by atoms with Gasteiger partial charge in [0.15, 0.2) is 0 Å². The average Bonchev–Trinajstić information content (AvgIpc) is 3.27. The van der Waals surface area contributed by atoms with Gasteiger partial charge in [-0.15, -0.1) is 5.16 Å². The van der Waals surface area contributed by atoms with Gasteiger partial charge in [0.1, 0.15) is 0 Å². The molecular formula is C23H23NO2Si. The van der Waals surface area contributed by atoms with E-state index in [1.165, 1.54) is 15.6 Å². The van der Waals surface area contributed by atoms with Crippen molar-refractivity contribution in [3.05, 3.63) is 91.0 Å². The van der Waals surface area contributed by atoms with E-state index in [0.29, 0.717) is 5.92 Å². The van der Waals surface area contributed by atoms with Crippen LogP contribution in [0.1, 0.15) is 6.42 Å². The van der Waals surface area contributed by atoms with E-state index in [4.69, 9.17) is 9.26 Å². The lowest BCUT2D eigenvalue weighted by atomic mass is 10.1. The maximum Gasteiger partial charge on any atom is 0.380 e. The molecule has 3 aromatic carbocycles. The maximum atomic E-state index is 6.50. The molecule has 0 spiro atoms. The average molecular weight is 374 g/mol. The van der Waals surface area contributed by atoms with Crippen LogP contribution in [0.15, 0.2) is 96.2 Å². The Bertz CT molecular complexity index is 766. The van der Waals surface area contributed by atoms with E-state index in [0.717, 1.165) is 19.6 Å². The molecule has 0 amide bonds. The van der Waals surface area contributed by atoms with E-state index < -0.39 is 8.32 Å². The molecule has 3 nitrogen and oxygen atoms in total. The Hall–Kier alpha value is -2.69. The Morgan fingerprint density at radius 3 is 1.67 bits per heavy atom. The fourth-order valence-electron chi connectivity index (χ4n) is 3.54. The van der Waals surface area contributed by atoms with Crippen molar-refractivity contribution in [2.24, 2.45) is 11.1 Å². The topological polar surface area (TPSA) is 30.8 Å². The van der Waals surface area contributed by atoms with Gasteiger partial charge in [0.05, 0.1) is 6.61 Å². The van der Waals surface area contributed by atoms with E-state index in [2.05, 4.69) is 78.0 Å². The van der Waals surface area contributed by atoms with Gasteiger partial charge in [-0.05, 0) is 22.0 Å². The standard InChI is InChI=1S/C23H23NO2Si/c1-4-10-21(11-5-1)27(22-12-6-2-7-13-22,23-14-8-3-9-15-23)26-24-18-20-16-17-25-19-20/h1-15,18,20H,16-17,19H2. The van der Waals surface area contributed by atoms with Crippen LogP contribution in [0.2, 0.25) is 0 Å². The van der Waals surface area contributed by atoms with Crippen LogP contribution in [-0.4, -0.2) is 27.7 Å². The van der Waals surface area contributed by atoms with E-state index in [1.54, 1.807) is 0 Å². The Balaban J connectivity index is 1.83. The quantitative estimate of drug-likeness (QED) is 0.288. The molecule has 1 atom stereocenters. The molecular weight excluding hydrogens is 350 g/mol. The third kappa shape index (κ3) is 3.72. The van der Waals surface area contributed by atoms with Crippen molar-refractivity contribution in [3.8, 4) is 0 Å². The largest absolute Gasteiger partial charge is 0.438 e. The maximum absolute atomic E-state index is 6.50. The molecule has 3 aromatic rings. The first-order valence-corrected chi connectivity index (χ1v) is 11.3. The Kier molecular flexibility index (Phi) is 5.46. The first-order chi connectivity index (χ1) is 13.4. The Labute approximate surface area is 161 Å². The number of benzene rings is 3. The monoisotopic (exact) mass is 373 g/mol. The van der Waals surface area contributed by atoms with Gasteiger partial charge in [-0.2, -0.15) is 0 Å². The van der Waals surface area contributed by atoms with Crippen LogP contribution >= 0.6 is 0 Å². The molecule has 1 fully saturated rings. The molecule has 1 saturated heterocycles. The molecule has 0 aromatic heterocycles. The van der Waals surface area contributed by atoms with E-state index in [-0.39, 0.29) is 0 Å². The first-order valence-electron chi connectivity index (χ1n) is 9.35. The minimum Gasteiger partial charge on any atom is -0.438 e. The first kappa shape index (κ1) is 17.7. The summed E-state index contributed by atoms with van der Waals surface area (Å²) in [4.78, 5) is 0. The summed E-state index contributed by atoms with van der Waals surface area (Å²) in [5, 5.41) is 8.06. The minimum absolute atomic E-state index is 0.332. The van der Waals surface area contributed by atoms with Crippen LogP contribution in [0.4, 0.5) is 0 Å². The van der Waals surface area contributed by atoms with Gasteiger partial charge in [0.25, 0.3) is 0 Å². The van der Waals surface area contributed by atoms with Crippen molar-refractivity contribution in [1.29, 1.82) is 0 Å². The fourth-order valence-corrected chi connectivity index (χ4v) is 7.06. The predicted molar refractivity (Wildman–Crippen MR) is 112 cm³/mol. The van der Waals surface area contributed by atoms with E-state index in [9.17, 15) is 0 Å². The molecule has 0 N–H and O–H groups in total. The minimum atomic E-state index is -2.73. The van der Waals surface area contributed by atoms with Gasteiger partial charge >= 0.3 is 8.32 Å². The Morgan fingerprint density at radius 2 is 1.26 bits per heavy atom. The van der Waals surface area contributed by atoms with Gasteiger partial charge < -0.3 is 9.26 Å². The number of hydrogen-bond donors (Lipinski definition) is 0. The summed E-state index contributed by atoms with van der Waals surface area (Å²) < 4.78 is 12.0. The third-order valence-electron chi connectivity index (χ3n) is 4.97. The lowest BCUT2D eigenvalue weighted by molar-refractivity contribution is 0.193. The second-order valence-corrected chi connectivity index (χ2v) is 10.0. The van der Waals surface area contributed by atoms with E-state index >= 15 is 0 Å². The SMILES string of the molecule is C(=NO[Si](c1ccccc1)(c1ccccc1)c1ccccc1)C1CCOC1. The molecule has 4 rings (SSSR count). The number of ether oxygens (including phenoxy) is 1. The highest BCUT2D eigenvalue weighted by atomic mass is 28.4. The lowest BCUT2D eigenvalue weighted by Crippen LogP contribution is -2.68. The molecule has 1 aliphatic rings. The van der Waals surface area contributed by atoms with E-state index in [1.807, 2.05) is 24.4 Å². The molecule has 1 aliphatic heterocycles. The number of nitrogens with zero attached hydrogens (tertiary/aromatic N) is 1. The van der Waals surface area contributed by atoms with Gasteiger partial charge in [0, 0.05) is 18.7 Å². The van der Waals surface area contributed by atoms with Crippen molar-refractivity contribution < 1.29 is 9.26 Å². The van der Waals surface area contributed by atoms with Crippen molar-refractivity contribution >= 4 is 30.1 Å². The summed E-state index contributed by atoms with van der Waals surface area (Å²) in [7, 11) is -2.73. The zero-order valence-corrected chi connectivity index (χ0v) is 16.2. The van der Waals surface area contributed by atoms with Crippen LogP contribution in [0.5, 0.6) is 0 Å². The summed E-state index contributed by atoms with van der Waals surface area (Å²) >= 11 is 0. The predicted octanol–water partition coefficient (Wildman–Crippen LogP) is 2.69. The molecule has 0 aliphatic carbocycles. The molecule has 0 radical (unpaired) electrons. The fraction of sp³-hybridized carbons (Fsp3) is 0.174. The molecule has 4 heteroatoms. The second kappa shape index (κ2) is 8.33. The highest BCUT2D eigenvalue weighted by Crippen LogP contribution is 2.13. The molecule has 27 heavy (non-hydrogen) atoms. The number of oxime groups is 1. The number of hydrogen-bond acceptors (Lipinski definition) is 3. The van der Waals surface area contributed by atoms with Gasteiger partial charge in [-0.3, -0.25) is 0 Å². The highest BCUT2D eigenvalue weighted by Gasteiger charge is 2.44. The van der Waals surface area contributed by atoms with Crippen molar-refractivity contribution in [1.82, 2.24) is 0 Å². The van der Waals surface area contributed by atoms with Crippen molar-refractivity contribution in [2.75, 3.05) is 13.2 Å². The van der Waals surface area contributed by atoms with Crippen molar-refractivity contribution in [2.45, 2.75) is 6.42 Å². The molecule has 136 valence electrons. The summed E-state index contributed by atoms with van der Waals surface area (Å²) in [5.41, 5.74) is 0. The zero-order chi connectivity index (χ0) is 18.4. The van der Waals surface area contributed by atoms with Gasteiger partial charge in [-0.1, -0.05) is 91.0 Å². The summed E-state index contributed by atoms with van der Waals surface area (Å²) in [5.74, 6) is 0.332. The smallest absolute Gasteiger partial charge is 0.380 e. The van der Waals surface area contributed by atoms with Crippen LogP contribution < -0.4 is 15.6 Å². The lowest BCUT2D eigenvalue weighted by Gasteiger charge is -2.30. The molecule has 0 bridgehead atoms. The summed E-state index contributed by atoms with van der Waals surface area (Å²) in [6.07, 6.45) is 2.92. The molecule has 0 saturated carbocycles. The van der Waals surface area contributed by atoms with Gasteiger partial charge in [0.2, 0.25) is 0 Å². The molecule has 1 heterocycles. The second-order valence-electron chi connectivity index (χ2n) is 6.75. The number of rotatable bonds is 6. The third-order valence-corrected chi connectivity index (χ3v) is 8.79. The van der Waals surface area contributed by atoms with Crippen LogP contribution in [-0.2, 0) is 9.26 Å². The summed E-state index contributed by atoms with van der Waals surface area (Å²) in [6, 6.07) is 31.5. The van der Waals surface area contributed by atoms with Crippen LogP contribution in [0.25, 0.3) is 0 Å².